The average Bonchev–Trinajstić information content (AvgIpc) is 2.99. The van der Waals surface area contributed by atoms with Crippen LogP contribution in [0, 0.1) is 23.5 Å². The third kappa shape index (κ3) is 6.07. The molecule has 1 aliphatic heterocycles. The smallest absolute Gasteiger partial charge is 0.190 e. The van der Waals surface area contributed by atoms with E-state index < -0.39 is 11.6 Å². The number of nitrogens with one attached hydrogen (secondary N) is 2. The van der Waals surface area contributed by atoms with E-state index in [1.54, 1.807) is 13.1 Å². The molecule has 1 fully saturated rings. The molecule has 136 valence electrons. The van der Waals surface area contributed by atoms with Crippen LogP contribution in [0.4, 0.5) is 14.5 Å². The molecule has 0 spiro atoms. The molecule has 1 heterocycles. The second kappa shape index (κ2) is 10.0. The maximum absolute atomic E-state index is 13.3. The van der Waals surface area contributed by atoms with Crippen molar-refractivity contribution in [1.82, 2.24) is 10.6 Å². The molecule has 0 bridgehead atoms. The van der Waals surface area contributed by atoms with Gasteiger partial charge in [0.1, 0.15) is 0 Å². The SMILES string of the molecule is CN=C(NCC(C)C)NCC1CCN(c2ccc(F)c(F)c2)C1.I. The molecule has 2 rings (SSSR count). The Labute approximate surface area is 160 Å². The van der Waals surface area contributed by atoms with E-state index in [4.69, 9.17) is 0 Å². The number of anilines is 1. The van der Waals surface area contributed by atoms with Crippen LogP contribution in [0.2, 0.25) is 0 Å². The monoisotopic (exact) mass is 452 g/mol. The maximum atomic E-state index is 13.3. The number of aliphatic imine (C=N–C) groups is 1. The van der Waals surface area contributed by atoms with E-state index in [0.29, 0.717) is 11.8 Å². The Hall–Kier alpha value is -1.12. The molecule has 7 heteroatoms. The zero-order valence-electron chi connectivity index (χ0n) is 14.5. The summed E-state index contributed by atoms with van der Waals surface area (Å²) in [5, 5.41) is 6.62. The Morgan fingerprint density at radius 3 is 2.67 bits per heavy atom. The van der Waals surface area contributed by atoms with Crippen LogP contribution >= 0.6 is 24.0 Å². The predicted molar refractivity (Wildman–Crippen MR) is 106 cm³/mol. The molecule has 0 aromatic heterocycles. The second-order valence-electron chi connectivity index (χ2n) is 6.43. The highest BCUT2D eigenvalue weighted by molar-refractivity contribution is 14.0. The molecule has 0 amide bonds. The number of rotatable bonds is 5. The fraction of sp³-hybridized carbons (Fsp3) is 0.588. The first kappa shape index (κ1) is 20.9. The average molecular weight is 452 g/mol. The Bertz CT molecular complexity index is 551. The molecule has 4 nitrogen and oxygen atoms in total. The molecule has 24 heavy (non-hydrogen) atoms. The molecule has 0 aliphatic carbocycles. The molecule has 1 aromatic carbocycles. The first-order valence-corrected chi connectivity index (χ1v) is 8.14. The van der Waals surface area contributed by atoms with Gasteiger partial charge in [-0.3, -0.25) is 4.99 Å². The van der Waals surface area contributed by atoms with Gasteiger partial charge in [0.25, 0.3) is 0 Å². The lowest BCUT2D eigenvalue weighted by atomic mass is 10.1. The third-order valence-electron chi connectivity index (χ3n) is 4.01. The summed E-state index contributed by atoms with van der Waals surface area (Å²) in [5.74, 6) is 0.239. The van der Waals surface area contributed by atoms with Gasteiger partial charge in [-0.1, -0.05) is 13.8 Å². The van der Waals surface area contributed by atoms with E-state index >= 15 is 0 Å². The van der Waals surface area contributed by atoms with Gasteiger partial charge < -0.3 is 15.5 Å². The van der Waals surface area contributed by atoms with Crippen LogP contribution in [0.15, 0.2) is 23.2 Å². The van der Waals surface area contributed by atoms with E-state index in [2.05, 4.69) is 34.4 Å². The third-order valence-corrected chi connectivity index (χ3v) is 4.01. The summed E-state index contributed by atoms with van der Waals surface area (Å²) >= 11 is 0. The van der Waals surface area contributed by atoms with Crippen LogP contribution in [-0.4, -0.2) is 39.2 Å². The summed E-state index contributed by atoms with van der Waals surface area (Å²) in [7, 11) is 1.76. The number of guanidine groups is 1. The first-order valence-electron chi connectivity index (χ1n) is 8.14. The fourth-order valence-electron chi connectivity index (χ4n) is 2.68. The quantitative estimate of drug-likeness (QED) is 0.410. The maximum Gasteiger partial charge on any atom is 0.190 e. The minimum atomic E-state index is -0.800. The van der Waals surface area contributed by atoms with E-state index in [-0.39, 0.29) is 24.0 Å². The summed E-state index contributed by atoms with van der Waals surface area (Å²) in [6.45, 7) is 7.69. The lowest BCUT2D eigenvalue weighted by molar-refractivity contribution is 0.508. The number of benzene rings is 1. The minimum absolute atomic E-state index is 0. The van der Waals surface area contributed by atoms with E-state index in [1.807, 2.05) is 0 Å². The van der Waals surface area contributed by atoms with Gasteiger partial charge >= 0.3 is 0 Å². The summed E-state index contributed by atoms with van der Waals surface area (Å²) in [6.07, 6.45) is 1.02. The van der Waals surface area contributed by atoms with Crippen LogP contribution in [0.5, 0.6) is 0 Å². The van der Waals surface area contributed by atoms with Crippen LogP contribution < -0.4 is 15.5 Å². The summed E-state index contributed by atoms with van der Waals surface area (Å²) in [6, 6.07) is 4.10. The van der Waals surface area contributed by atoms with Crippen LogP contribution in [0.3, 0.4) is 0 Å². The molecular formula is C17H27F2IN4. The zero-order chi connectivity index (χ0) is 16.8. The number of halogens is 3. The number of hydrogen-bond donors (Lipinski definition) is 2. The van der Waals surface area contributed by atoms with E-state index in [1.165, 1.54) is 12.1 Å². The Morgan fingerprint density at radius 2 is 2.04 bits per heavy atom. The Kier molecular flexibility index (Phi) is 8.72. The largest absolute Gasteiger partial charge is 0.371 e. The van der Waals surface area contributed by atoms with Crippen molar-refractivity contribution in [2.45, 2.75) is 20.3 Å². The molecule has 1 atom stereocenters. The van der Waals surface area contributed by atoms with E-state index in [9.17, 15) is 8.78 Å². The molecule has 1 aromatic rings. The lowest BCUT2D eigenvalue weighted by Crippen LogP contribution is -2.41. The van der Waals surface area contributed by atoms with Crippen LogP contribution in [0.1, 0.15) is 20.3 Å². The van der Waals surface area contributed by atoms with Crippen molar-refractivity contribution in [1.29, 1.82) is 0 Å². The van der Waals surface area contributed by atoms with Crippen molar-refractivity contribution < 1.29 is 8.78 Å². The molecule has 1 saturated heterocycles. The van der Waals surface area contributed by atoms with Gasteiger partial charge in [-0.05, 0) is 30.4 Å². The summed E-state index contributed by atoms with van der Waals surface area (Å²) in [5.41, 5.74) is 0.744. The van der Waals surface area contributed by atoms with Crippen molar-refractivity contribution in [2.75, 3.05) is 38.1 Å². The van der Waals surface area contributed by atoms with Gasteiger partial charge in [-0.25, -0.2) is 8.78 Å². The van der Waals surface area contributed by atoms with Gasteiger partial charge in [0.2, 0.25) is 0 Å². The number of nitrogens with zero attached hydrogens (tertiary/aromatic N) is 2. The normalized spacial score (nSPS) is 17.8. The summed E-state index contributed by atoms with van der Waals surface area (Å²) in [4.78, 5) is 6.31. The molecule has 0 radical (unpaired) electrons. The van der Waals surface area contributed by atoms with Gasteiger partial charge in [0.15, 0.2) is 17.6 Å². The van der Waals surface area contributed by atoms with Gasteiger partial charge in [0, 0.05) is 45.0 Å². The molecule has 1 aliphatic rings. The second-order valence-corrected chi connectivity index (χ2v) is 6.43. The highest BCUT2D eigenvalue weighted by Gasteiger charge is 2.23. The van der Waals surface area contributed by atoms with Crippen molar-refractivity contribution in [3.8, 4) is 0 Å². The van der Waals surface area contributed by atoms with E-state index in [0.717, 1.165) is 44.2 Å². The van der Waals surface area contributed by atoms with Crippen molar-refractivity contribution in [3.63, 3.8) is 0 Å². The predicted octanol–water partition coefficient (Wildman–Crippen LogP) is 3.23. The fourth-order valence-corrected chi connectivity index (χ4v) is 2.68. The molecule has 0 saturated carbocycles. The van der Waals surface area contributed by atoms with Gasteiger partial charge in [-0.2, -0.15) is 0 Å². The van der Waals surface area contributed by atoms with Crippen LogP contribution in [0.25, 0.3) is 0 Å². The van der Waals surface area contributed by atoms with Gasteiger partial charge in [0.05, 0.1) is 0 Å². The van der Waals surface area contributed by atoms with Gasteiger partial charge in [-0.15, -0.1) is 24.0 Å². The standard InChI is InChI=1S/C17H26F2N4.HI/c1-12(2)9-21-17(20-3)22-10-13-6-7-23(11-13)14-4-5-15(18)16(19)8-14;/h4-5,8,12-13H,6-7,9-11H2,1-3H3,(H2,20,21,22);1H. The van der Waals surface area contributed by atoms with Crippen LogP contribution in [-0.2, 0) is 0 Å². The zero-order valence-corrected chi connectivity index (χ0v) is 16.8. The minimum Gasteiger partial charge on any atom is -0.371 e. The Balaban J connectivity index is 0.00000288. The highest BCUT2D eigenvalue weighted by atomic mass is 127. The molecular weight excluding hydrogens is 425 g/mol. The molecule has 2 N–H and O–H groups in total. The van der Waals surface area contributed by atoms with Crippen molar-refractivity contribution >= 4 is 35.6 Å². The van der Waals surface area contributed by atoms with Crippen molar-refractivity contribution in [3.05, 3.63) is 29.8 Å². The Morgan fingerprint density at radius 1 is 1.29 bits per heavy atom. The summed E-state index contributed by atoms with van der Waals surface area (Å²) < 4.78 is 26.4. The van der Waals surface area contributed by atoms with Crippen molar-refractivity contribution in [2.24, 2.45) is 16.8 Å². The molecule has 1 unspecified atom stereocenters. The topological polar surface area (TPSA) is 39.7 Å². The number of hydrogen-bond acceptors (Lipinski definition) is 2. The first-order chi connectivity index (χ1) is 11.0. The highest BCUT2D eigenvalue weighted by Crippen LogP contribution is 2.24. The lowest BCUT2D eigenvalue weighted by Gasteiger charge is -2.20.